The fourth-order valence-electron chi connectivity index (χ4n) is 7.37. The van der Waals surface area contributed by atoms with E-state index in [2.05, 4.69) is 26.0 Å². The Labute approximate surface area is 195 Å². The molecule has 0 radical (unpaired) electrons. The Morgan fingerprint density at radius 1 is 1.16 bits per heavy atom. The van der Waals surface area contributed by atoms with Gasteiger partial charge in [0.15, 0.2) is 5.78 Å². The van der Waals surface area contributed by atoms with E-state index in [4.69, 9.17) is 0 Å². The number of carbonyl (C=O) groups excluding carboxylic acids is 2. The number of benzene rings is 1. The van der Waals surface area contributed by atoms with Crippen molar-refractivity contribution in [3.63, 3.8) is 0 Å². The molecule has 2 saturated carbocycles. The Bertz CT molecular complexity index is 990. The summed E-state index contributed by atoms with van der Waals surface area (Å²) >= 11 is 1.86. The van der Waals surface area contributed by atoms with Crippen LogP contribution in [0.2, 0.25) is 0 Å². The van der Waals surface area contributed by atoms with Crippen molar-refractivity contribution in [2.75, 3.05) is 11.5 Å². The van der Waals surface area contributed by atoms with Crippen LogP contribution in [0.4, 0.5) is 0 Å². The minimum Gasteiger partial charge on any atom is -0.388 e. The lowest BCUT2D eigenvalue weighted by Gasteiger charge is -2.55. The van der Waals surface area contributed by atoms with Crippen molar-refractivity contribution >= 4 is 23.8 Å². The largest absolute Gasteiger partial charge is 0.388 e. The summed E-state index contributed by atoms with van der Waals surface area (Å²) in [5.74, 6) is 3.32. The number of fused-ring (bicyclic) bond motifs is 4. The molecule has 5 rings (SSSR count). The highest BCUT2D eigenvalue weighted by molar-refractivity contribution is 7.99. The number of allylic oxidation sites excluding steroid dienone is 4. The van der Waals surface area contributed by atoms with Gasteiger partial charge in [0, 0.05) is 29.1 Å². The van der Waals surface area contributed by atoms with Gasteiger partial charge in [-0.2, -0.15) is 11.8 Å². The fraction of sp³-hybridized carbons (Fsp3) is 0.571. The van der Waals surface area contributed by atoms with Crippen molar-refractivity contribution in [1.82, 2.24) is 0 Å². The molecule has 1 aromatic carbocycles. The summed E-state index contributed by atoms with van der Waals surface area (Å²) in [5, 5.41) is 11.9. The SMILES string of the molecule is CCSC[C@]1(O)CC[C@H]2[C@@H]3CCC4=CC(=O)CCC4=C3[C@@H](c3ccc(C=O)cc3)C[C@@]21C. The van der Waals surface area contributed by atoms with Gasteiger partial charge in [0.1, 0.15) is 6.29 Å². The number of ketones is 1. The van der Waals surface area contributed by atoms with Crippen LogP contribution in [0.5, 0.6) is 0 Å². The molecule has 0 saturated heterocycles. The zero-order chi connectivity index (χ0) is 22.5. The Hall–Kier alpha value is -1.65. The van der Waals surface area contributed by atoms with Gasteiger partial charge in [-0.3, -0.25) is 9.59 Å². The van der Waals surface area contributed by atoms with Crippen LogP contribution in [0.1, 0.15) is 80.6 Å². The summed E-state index contributed by atoms with van der Waals surface area (Å²) in [6, 6.07) is 8.08. The second-order valence-corrected chi connectivity index (χ2v) is 11.8. The third kappa shape index (κ3) is 3.37. The lowest BCUT2D eigenvalue weighted by Crippen LogP contribution is -2.53. The molecule has 0 aliphatic heterocycles. The maximum absolute atomic E-state index is 12.2. The van der Waals surface area contributed by atoms with Gasteiger partial charge in [0.25, 0.3) is 0 Å². The Kier molecular flexibility index (Phi) is 5.74. The minimum atomic E-state index is -0.631. The first-order valence-corrected chi connectivity index (χ1v) is 13.4. The van der Waals surface area contributed by atoms with Crippen molar-refractivity contribution in [1.29, 1.82) is 0 Å². The van der Waals surface area contributed by atoms with E-state index >= 15 is 0 Å². The molecule has 1 aromatic rings. The highest BCUT2D eigenvalue weighted by Gasteiger charge is 2.62. The molecule has 0 bridgehead atoms. The third-order valence-corrected chi connectivity index (χ3v) is 10.2. The molecule has 4 heteroatoms. The first kappa shape index (κ1) is 22.2. The van der Waals surface area contributed by atoms with Crippen LogP contribution in [0.15, 0.2) is 47.1 Å². The Morgan fingerprint density at radius 3 is 2.66 bits per heavy atom. The number of hydrogen-bond donors (Lipinski definition) is 1. The molecule has 0 spiro atoms. The first-order valence-electron chi connectivity index (χ1n) is 12.2. The van der Waals surface area contributed by atoms with Gasteiger partial charge < -0.3 is 5.11 Å². The van der Waals surface area contributed by atoms with Crippen molar-refractivity contribution in [3.05, 3.63) is 58.2 Å². The van der Waals surface area contributed by atoms with Gasteiger partial charge in [-0.1, -0.05) is 43.7 Å². The number of rotatable bonds is 5. The normalized spacial score (nSPS) is 36.3. The van der Waals surface area contributed by atoms with Gasteiger partial charge in [0.2, 0.25) is 0 Å². The lowest BCUT2D eigenvalue weighted by molar-refractivity contribution is -0.114. The van der Waals surface area contributed by atoms with E-state index in [9.17, 15) is 14.7 Å². The summed E-state index contributed by atoms with van der Waals surface area (Å²) in [6.45, 7) is 4.52. The molecule has 0 aromatic heterocycles. The molecule has 4 aliphatic rings. The zero-order valence-electron chi connectivity index (χ0n) is 19.2. The number of aliphatic hydroxyl groups is 1. The molecule has 2 fully saturated rings. The van der Waals surface area contributed by atoms with Crippen LogP contribution in [0.3, 0.4) is 0 Å². The molecule has 1 N–H and O–H groups in total. The Morgan fingerprint density at radius 2 is 1.94 bits per heavy atom. The molecular formula is C28H34O3S. The monoisotopic (exact) mass is 450 g/mol. The highest BCUT2D eigenvalue weighted by Crippen LogP contribution is 2.67. The molecule has 4 aliphatic carbocycles. The zero-order valence-corrected chi connectivity index (χ0v) is 20.0. The van der Waals surface area contributed by atoms with Gasteiger partial charge in [0.05, 0.1) is 5.60 Å². The minimum absolute atomic E-state index is 0.121. The van der Waals surface area contributed by atoms with E-state index in [1.54, 1.807) is 5.57 Å². The van der Waals surface area contributed by atoms with Crippen LogP contribution in [0.25, 0.3) is 0 Å². The summed E-state index contributed by atoms with van der Waals surface area (Å²) in [7, 11) is 0. The van der Waals surface area contributed by atoms with E-state index < -0.39 is 5.60 Å². The first-order chi connectivity index (χ1) is 15.4. The molecule has 0 heterocycles. The number of aldehydes is 1. The predicted molar refractivity (Wildman–Crippen MR) is 130 cm³/mol. The maximum atomic E-state index is 12.2. The average molecular weight is 451 g/mol. The van der Waals surface area contributed by atoms with E-state index in [1.807, 2.05) is 30.0 Å². The van der Waals surface area contributed by atoms with Crippen LogP contribution >= 0.6 is 11.8 Å². The predicted octanol–water partition coefficient (Wildman–Crippen LogP) is 5.88. The van der Waals surface area contributed by atoms with Gasteiger partial charge in [-0.05, 0) is 78.9 Å². The summed E-state index contributed by atoms with van der Waals surface area (Å²) in [4.78, 5) is 23.4. The van der Waals surface area contributed by atoms with Gasteiger partial charge in [-0.25, -0.2) is 0 Å². The molecule has 0 amide bonds. The molecular weight excluding hydrogens is 416 g/mol. The summed E-state index contributed by atoms with van der Waals surface area (Å²) in [5.41, 5.74) is 5.44. The second-order valence-electron chi connectivity index (χ2n) is 10.5. The number of thioether (sulfide) groups is 1. The topological polar surface area (TPSA) is 54.4 Å². The van der Waals surface area contributed by atoms with Crippen molar-refractivity contribution < 1.29 is 14.7 Å². The van der Waals surface area contributed by atoms with Crippen LogP contribution in [-0.4, -0.2) is 34.3 Å². The van der Waals surface area contributed by atoms with Crippen molar-refractivity contribution in [2.24, 2.45) is 17.3 Å². The van der Waals surface area contributed by atoms with E-state index in [0.29, 0.717) is 23.8 Å². The summed E-state index contributed by atoms with van der Waals surface area (Å²) < 4.78 is 0. The van der Waals surface area contributed by atoms with Crippen LogP contribution < -0.4 is 0 Å². The Balaban J connectivity index is 1.64. The van der Waals surface area contributed by atoms with Gasteiger partial charge in [-0.15, -0.1) is 0 Å². The number of hydrogen-bond acceptors (Lipinski definition) is 4. The highest BCUT2D eigenvalue weighted by atomic mass is 32.2. The number of carbonyl (C=O) groups is 2. The second kappa shape index (κ2) is 8.29. The molecule has 170 valence electrons. The lowest BCUT2D eigenvalue weighted by atomic mass is 9.51. The van der Waals surface area contributed by atoms with E-state index in [1.165, 1.54) is 16.7 Å². The quantitative estimate of drug-likeness (QED) is 0.569. The third-order valence-electron chi connectivity index (χ3n) is 9.08. The van der Waals surface area contributed by atoms with E-state index in [0.717, 1.165) is 56.3 Å². The summed E-state index contributed by atoms with van der Waals surface area (Å²) in [6.07, 6.45) is 9.27. The molecule has 0 unspecified atom stereocenters. The molecule has 5 atom stereocenters. The standard InChI is InChI=1S/C28H34O3S/c1-3-32-17-28(31)13-12-25-23-10-8-20-14-21(30)9-11-22(20)26(23)24(15-27(25,28)2)19-6-4-18(16-29)5-7-19/h4-7,14,16,23-25,31H,3,8-13,15,17H2,1-2H3/t23-,24+,25-,27-,28+/m0/s1. The smallest absolute Gasteiger partial charge is 0.156 e. The molecule has 3 nitrogen and oxygen atoms in total. The van der Waals surface area contributed by atoms with Crippen LogP contribution in [-0.2, 0) is 4.79 Å². The van der Waals surface area contributed by atoms with Gasteiger partial charge >= 0.3 is 0 Å². The average Bonchev–Trinajstić information content (AvgIpc) is 3.07. The molecule has 32 heavy (non-hydrogen) atoms. The fourth-order valence-corrected chi connectivity index (χ4v) is 8.38. The van der Waals surface area contributed by atoms with Crippen molar-refractivity contribution in [3.8, 4) is 0 Å². The van der Waals surface area contributed by atoms with E-state index in [-0.39, 0.29) is 17.1 Å². The van der Waals surface area contributed by atoms with Crippen LogP contribution in [0, 0.1) is 17.3 Å². The van der Waals surface area contributed by atoms with Crippen molar-refractivity contribution in [2.45, 2.75) is 70.3 Å². The maximum Gasteiger partial charge on any atom is 0.156 e.